The summed E-state index contributed by atoms with van der Waals surface area (Å²) in [5.74, 6) is -1.27. The van der Waals surface area contributed by atoms with E-state index in [9.17, 15) is 8.78 Å². The summed E-state index contributed by atoms with van der Waals surface area (Å²) in [6.45, 7) is 0. The molecule has 0 aliphatic heterocycles. The van der Waals surface area contributed by atoms with Gasteiger partial charge in [0.2, 0.25) is 0 Å². The predicted octanol–water partition coefficient (Wildman–Crippen LogP) is 3.28. The molecule has 1 aromatic heterocycles. The van der Waals surface area contributed by atoms with Crippen molar-refractivity contribution in [1.82, 2.24) is 4.98 Å². The second-order valence-electron chi connectivity index (χ2n) is 2.56. The molecule has 1 nitrogen and oxygen atoms in total. The molecule has 1 aromatic carbocycles. The zero-order chi connectivity index (χ0) is 9.42. The maximum absolute atomic E-state index is 13.3. The van der Waals surface area contributed by atoms with Gasteiger partial charge in [-0.3, -0.25) is 4.98 Å². The lowest BCUT2D eigenvalue weighted by Gasteiger charge is -2.00. The van der Waals surface area contributed by atoms with E-state index in [0.29, 0.717) is 5.39 Å². The lowest BCUT2D eigenvalue weighted by molar-refractivity contribution is 0.579. The van der Waals surface area contributed by atoms with Gasteiger partial charge in [-0.25, -0.2) is 8.78 Å². The molecule has 0 amide bonds. The number of fused-ring (bicyclic) bond motifs is 1. The number of benzene rings is 1. The van der Waals surface area contributed by atoms with Gasteiger partial charge in [-0.2, -0.15) is 0 Å². The van der Waals surface area contributed by atoms with Gasteiger partial charge in [0.1, 0.15) is 11.3 Å². The molecule has 0 fully saturated rings. The molecule has 0 bridgehead atoms. The zero-order valence-corrected chi connectivity index (χ0v) is 7.98. The Labute approximate surface area is 81.5 Å². The van der Waals surface area contributed by atoms with Crippen molar-refractivity contribution in [3.05, 3.63) is 40.5 Å². The van der Waals surface area contributed by atoms with Crippen LogP contribution >= 0.6 is 15.9 Å². The molecule has 66 valence electrons. The van der Waals surface area contributed by atoms with E-state index < -0.39 is 11.6 Å². The summed E-state index contributed by atoms with van der Waals surface area (Å²) in [6.07, 6.45) is 1.47. The van der Waals surface area contributed by atoms with Gasteiger partial charge in [-0.05, 0) is 28.1 Å². The molecule has 0 unspecified atom stereocenters. The first kappa shape index (κ1) is 8.56. The molecule has 1 heterocycles. The number of hydrogen-bond donors (Lipinski definition) is 0. The van der Waals surface area contributed by atoms with Crippen LogP contribution in [0.2, 0.25) is 0 Å². The minimum atomic E-state index is -0.657. The van der Waals surface area contributed by atoms with Crippen molar-refractivity contribution >= 4 is 26.8 Å². The fourth-order valence-corrected chi connectivity index (χ4v) is 1.43. The van der Waals surface area contributed by atoms with Crippen LogP contribution in [0, 0.1) is 11.6 Å². The molecular weight excluding hydrogens is 240 g/mol. The van der Waals surface area contributed by atoms with E-state index in [4.69, 9.17) is 0 Å². The highest BCUT2D eigenvalue weighted by atomic mass is 79.9. The van der Waals surface area contributed by atoms with Crippen LogP contribution < -0.4 is 0 Å². The first-order chi connectivity index (χ1) is 6.20. The summed E-state index contributed by atoms with van der Waals surface area (Å²) in [7, 11) is 0. The van der Waals surface area contributed by atoms with E-state index in [1.807, 2.05) is 0 Å². The summed E-state index contributed by atoms with van der Waals surface area (Å²) in [6, 6.07) is 4.49. The lowest BCUT2D eigenvalue weighted by atomic mass is 10.2. The van der Waals surface area contributed by atoms with E-state index in [1.54, 1.807) is 12.1 Å². The topological polar surface area (TPSA) is 12.9 Å². The summed E-state index contributed by atoms with van der Waals surface area (Å²) < 4.78 is 26.1. The smallest absolute Gasteiger partial charge is 0.166 e. The zero-order valence-electron chi connectivity index (χ0n) is 6.39. The average Bonchev–Trinajstić information content (AvgIpc) is 2.15. The van der Waals surface area contributed by atoms with Crippen molar-refractivity contribution in [1.29, 1.82) is 0 Å². The van der Waals surface area contributed by atoms with Crippen molar-refractivity contribution < 1.29 is 8.78 Å². The molecule has 0 aliphatic rings. The fourth-order valence-electron chi connectivity index (χ4n) is 1.13. The molecule has 0 aliphatic carbocycles. The fraction of sp³-hybridized carbons (Fsp3) is 0. The normalized spacial score (nSPS) is 10.7. The third kappa shape index (κ3) is 1.31. The van der Waals surface area contributed by atoms with Crippen LogP contribution in [0.4, 0.5) is 8.78 Å². The summed E-state index contributed by atoms with van der Waals surface area (Å²) in [4.78, 5) is 3.81. The van der Waals surface area contributed by atoms with Gasteiger partial charge in [0.15, 0.2) is 5.82 Å². The Morgan fingerprint density at radius 1 is 1.31 bits per heavy atom. The molecule has 0 spiro atoms. The molecule has 2 rings (SSSR count). The molecule has 13 heavy (non-hydrogen) atoms. The first-order valence-corrected chi connectivity index (χ1v) is 4.37. The van der Waals surface area contributed by atoms with Crippen LogP contribution in [0.5, 0.6) is 0 Å². The van der Waals surface area contributed by atoms with Gasteiger partial charge in [-0.1, -0.05) is 6.07 Å². The first-order valence-electron chi connectivity index (χ1n) is 3.58. The van der Waals surface area contributed by atoms with E-state index in [0.717, 1.165) is 0 Å². The van der Waals surface area contributed by atoms with Crippen LogP contribution in [0.25, 0.3) is 10.9 Å². The van der Waals surface area contributed by atoms with E-state index in [1.165, 1.54) is 12.3 Å². The number of nitrogens with zero attached hydrogens (tertiary/aromatic N) is 1. The van der Waals surface area contributed by atoms with Gasteiger partial charge in [0, 0.05) is 11.6 Å². The minimum Gasteiger partial charge on any atom is -0.253 e. The van der Waals surface area contributed by atoms with Crippen molar-refractivity contribution in [3.63, 3.8) is 0 Å². The summed E-state index contributed by atoms with van der Waals surface area (Å²) in [5.41, 5.74) is 0.177. The van der Waals surface area contributed by atoms with E-state index in [-0.39, 0.29) is 9.99 Å². The molecular formula is C9H4BrF2N. The van der Waals surface area contributed by atoms with Crippen molar-refractivity contribution in [2.24, 2.45) is 0 Å². The highest BCUT2D eigenvalue weighted by Gasteiger charge is 2.11. The maximum Gasteiger partial charge on any atom is 0.166 e. The molecule has 0 saturated carbocycles. The molecule has 0 radical (unpaired) electrons. The SMILES string of the molecule is Fc1cc2cccnc2c(F)c1Br. The molecule has 2 aromatic rings. The Kier molecular flexibility index (Phi) is 2.00. The van der Waals surface area contributed by atoms with Crippen molar-refractivity contribution in [3.8, 4) is 0 Å². The Balaban J connectivity index is 2.94. The third-order valence-corrected chi connectivity index (χ3v) is 2.46. The molecule has 0 atom stereocenters. The second kappa shape index (κ2) is 3.03. The lowest BCUT2D eigenvalue weighted by Crippen LogP contribution is -1.89. The van der Waals surface area contributed by atoms with Gasteiger partial charge < -0.3 is 0 Å². The standard InChI is InChI=1S/C9H4BrF2N/c10-7-6(11)4-5-2-1-3-13-9(5)8(7)12/h1-4H. The number of hydrogen-bond acceptors (Lipinski definition) is 1. The largest absolute Gasteiger partial charge is 0.253 e. The Bertz CT molecular complexity index is 470. The van der Waals surface area contributed by atoms with Crippen molar-refractivity contribution in [2.45, 2.75) is 0 Å². The van der Waals surface area contributed by atoms with Crippen LogP contribution in [0.3, 0.4) is 0 Å². The van der Waals surface area contributed by atoms with Crippen LogP contribution in [0.15, 0.2) is 28.9 Å². The second-order valence-corrected chi connectivity index (χ2v) is 3.35. The minimum absolute atomic E-state index is 0.168. The van der Waals surface area contributed by atoms with Crippen LogP contribution in [0.1, 0.15) is 0 Å². The highest BCUT2D eigenvalue weighted by Crippen LogP contribution is 2.26. The Morgan fingerprint density at radius 2 is 2.08 bits per heavy atom. The van der Waals surface area contributed by atoms with Crippen LogP contribution in [-0.2, 0) is 0 Å². The number of rotatable bonds is 0. The number of pyridine rings is 1. The summed E-state index contributed by atoms with van der Waals surface area (Å²) in [5, 5.41) is 0.459. The summed E-state index contributed by atoms with van der Waals surface area (Å²) >= 11 is 2.81. The van der Waals surface area contributed by atoms with Crippen molar-refractivity contribution in [2.75, 3.05) is 0 Å². The monoisotopic (exact) mass is 243 g/mol. The number of aromatic nitrogens is 1. The predicted molar refractivity (Wildman–Crippen MR) is 49.4 cm³/mol. The average molecular weight is 244 g/mol. The number of halogens is 3. The Hall–Kier alpha value is -1.03. The quantitative estimate of drug-likeness (QED) is 0.648. The van der Waals surface area contributed by atoms with E-state index >= 15 is 0 Å². The highest BCUT2D eigenvalue weighted by molar-refractivity contribution is 9.10. The van der Waals surface area contributed by atoms with Gasteiger partial charge in [-0.15, -0.1) is 0 Å². The van der Waals surface area contributed by atoms with Crippen LogP contribution in [-0.4, -0.2) is 4.98 Å². The molecule has 0 N–H and O–H groups in total. The van der Waals surface area contributed by atoms with Gasteiger partial charge in [0.25, 0.3) is 0 Å². The molecule has 4 heteroatoms. The maximum atomic E-state index is 13.3. The third-order valence-electron chi connectivity index (χ3n) is 1.73. The van der Waals surface area contributed by atoms with Gasteiger partial charge in [0.05, 0.1) is 4.47 Å². The van der Waals surface area contributed by atoms with E-state index in [2.05, 4.69) is 20.9 Å². The Morgan fingerprint density at radius 3 is 2.85 bits per heavy atom. The molecule has 0 saturated heterocycles. The van der Waals surface area contributed by atoms with Gasteiger partial charge >= 0.3 is 0 Å².